The lowest BCUT2D eigenvalue weighted by Gasteiger charge is -2.37. The van der Waals surface area contributed by atoms with Crippen molar-refractivity contribution in [3.8, 4) is 5.75 Å². The number of rotatable bonds is 4. The molecule has 0 saturated carbocycles. The first-order valence-electron chi connectivity index (χ1n) is 7.05. The van der Waals surface area contributed by atoms with E-state index in [-0.39, 0.29) is 12.0 Å². The van der Waals surface area contributed by atoms with Gasteiger partial charge in [-0.25, -0.2) is 0 Å². The molecule has 0 N–H and O–H groups in total. The molecule has 6 heteroatoms. The van der Waals surface area contributed by atoms with E-state index in [0.29, 0.717) is 23.2 Å². The zero-order chi connectivity index (χ0) is 15.5. The lowest BCUT2D eigenvalue weighted by molar-refractivity contribution is -0.141. The SMILES string of the molecule is CC(C)(CCl)C(=O)N1CCCC(Oc2ccncc2Cl)C1. The van der Waals surface area contributed by atoms with Crippen LogP contribution in [0.2, 0.25) is 5.02 Å². The minimum atomic E-state index is -0.544. The molecule has 1 aliphatic heterocycles. The number of halogens is 2. The van der Waals surface area contributed by atoms with Gasteiger partial charge in [0.1, 0.15) is 16.9 Å². The Morgan fingerprint density at radius 2 is 2.33 bits per heavy atom. The molecule has 1 fully saturated rings. The molecule has 1 atom stereocenters. The smallest absolute Gasteiger partial charge is 0.229 e. The molecule has 1 unspecified atom stereocenters. The first kappa shape index (κ1) is 16.4. The summed E-state index contributed by atoms with van der Waals surface area (Å²) in [7, 11) is 0. The van der Waals surface area contributed by atoms with Crippen LogP contribution in [0.1, 0.15) is 26.7 Å². The topological polar surface area (TPSA) is 42.4 Å². The molecule has 0 aromatic carbocycles. The molecule has 116 valence electrons. The van der Waals surface area contributed by atoms with Crippen LogP contribution >= 0.6 is 23.2 Å². The highest BCUT2D eigenvalue weighted by atomic mass is 35.5. The third-order valence-electron chi connectivity index (χ3n) is 3.61. The fourth-order valence-corrected chi connectivity index (χ4v) is 2.62. The molecule has 0 aliphatic carbocycles. The van der Waals surface area contributed by atoms with E-state index in [1.54, 1.807) is 18.5 Å². The normalized spacial score (nSPS) is 19.4. The number of pyridine rings is 1. The van der Waals surface area contributed by atoms with Crippen molar-refractivity contribution in [1.29, 1.82) is 0 Å². The molecule has 21 heavy (non-hydrogen) atoms. The third kappa shape index (κ3) is 4.01. The van der Waals surface area contributed by atoms with E-state index in [1.807, 2.05) is 18.7 Å². The van der Waals surface area contributed by atoms with Crippen molar-refractivity contribution in [2.24, 2.45) is 5.41 Å². The number of carbonyl (C=O) groups is 1. The van der Waals surface area contributed by atoms with Gasteiger partial charge in [0.05, 0.1) is 12.0 Å². The molecule has 4 nitrogen and oxygen atoms in total. The van der Waals surface area contributed by atoms with E-state index in [1.165, 1.54) is 0 Å². The summed E-state index contributed by atoms with van der Waals surface area (Å²) in [4.78, 5) is 18.2. The summed E-state index contributed by atoms with van der Waals surface area (Å²) in [5, 5.41) is 0.488. The van der Waals surface area contributed by atoms with Crippen molar-refractivity contribution >= 4 is 29.1 Å². The Bertz CT molecular complexity index is 508. The van der Waals surface area contributed by atoms with E-state index >= 15 is 0 Å². The van der Waals surface area contributed by atoms with Gasteiger partial charge in [-0.15, -0.1) is 11.6 Å². The average molecular weight is 331 g/mol. The quantitative estimate of drug-likeness (QED) is 0.795. The Hall–Kier alpha value is -1.00. The number of hydrogen-bond donors (Lipinski definition) is 0. The summed E-state index contributed by atoms with van der Waals surface area (Å²) in [5.41, 5.74) is -0.544. The number of amides is 1. The van der Waals surface area contributed by atoms with Crippen LogP contribution in [0.25, 0.3) is 0 Å². The van der Waals surface area contributed by atoms with E-state index < -0.39 is 5.41 Å². The van der Waals surface area contributed by atoms with Gasteiger partial charge in [-0.2, -0.15) is 0 Å². The minimum Gasteiger partial charge on any atom is -0.487 e. The van der Waals surface area contributed by atoms with Crippen LogP contribution in [0, 0.1) is 5.41 Å². The second-order valence-electron chi connectivity index (χ2n) is 5.96. The molecule has 1 aromatic heterocycles. The summed E-state index contributed by atoms with van der Waals surface area (Å²) < 4.78 is 5.91. The number of likely N-dealkylation sites (tertiary alicyclic amines) is 1. The summed E-state index contributed by atoms with van der Waals surface area (Å²) in [6.07, 6.45) is 4.97. The molecule has 0 bridgehead atoms. The fraction of sp³-hybridized carbons (Fsp3) is 0.600. The maximum atomic E-state index is 12.5. The highest BCUT2D eigenvalue weighted by Crippen LogP contribution is 2.27. The van der Waals surface area contributed by atoms with Gasteiger partial charge in [-0.05, 0) is 26.7 Å². The van der Waals surface area contributed by atoms with Crippen molar-refractivity contribution < 1.29 is 9.53 Å². The van der Waals surface area contributed by atoms with Gasteiger partial charge in [0.25, 0.3) is 0 Å². The lowest BCUT2D eigenvalue weighted by atomic mass is 9.93. The van der Waals surface area contributed by atoms with Gasteiger partial charge in [-0.3, -0.25) is 9.78 Å². The standard InChI is InChI=1S/C15H20Cl2N2O2/c1-15(2,10-16)14(20)19-7-3-4-11(9-19)21-13-5-6-18-8-12(13)17/h5-6,8,11H,3-4,7,9-10H2,1-2H3. The largest absolute Gasteiger partial charge is 0.487 e. The number of nitrogens with zero attached hydrogens (tertiary/aromatic N) is 2. The second-order valence-corrected chi connectivity index (χ2v) is 6.63. The van der Waals surface area contributed by atoms with E-state index in [2.05, 4.69) is 4.98 Å². The van der Waals surface area contributed by atoms with Crippen LogP contribution in [0.4, 0.5) is 0 Å². The molecule has 1 aromatic rings. The van der Waals surface area contributed by atoms with Crippen molar-refractivity contribution in [2.75, 3.05) is 19.0 Å². The van der Waals surface area contributed by atoms with Crippen molar-refractivity contribution in [2.45, 2.75) is 32.8 Å². The Kier molecular flexibility index (Phi) is 5.33. The molecule has 0 radical (unpaired) electrons. The maximum Gasteiger partial charge on any atom is 0.229 e. The Morgan fingerprint density at radius 3 is 3.00 bits per heavy atom. The Labute approximate surface area is 135 Å². The number of hydrogen-bond acceptors (Lipinski definition) is 3. The van der Waals surface area contributed by atoms with Crippen molar-refractivity contribution in [1.82, 2.24) is 9.88 Å². The minimum absolute atomic E-state index is 0.0475. The fourth-order valence-electron chi connectivity index (χ4n) is 2.34. The first-order chi connectivity index (χ1) is 9.94. The number of carbonyl (C=O) groups excluding carboxylic acids is 1. The zero-order valence-corrected chi connectivity index (χ0v) is 13.8. The van der Waals surface area contributed by atoms with E-state index in [0.717, 1.165) is 19.4 Å². The van der Waals surface area contributed by atoms with Crippen LogP contribution in [0.5, 0.6) is 5.75 Å². The van der Waals surface area contributed by atoms with Crippen molar-refractivity contribution in [3.63, 3.8) is 0 Å². The van der Waals surface area contributed by atoms with E-state index in [9.17, 15) is 4.79 Å². The summed E-state index contributed by atoms with van der Waals surface area (Å²) >= 11 is 11.9. The summed E-state index contributed by atoms with van der Waals surface area (Å²) in [6, 6.07) is 1.74. The van der Waals surface area contributed by atoms with Gasteiger partial charge in [0.15, 0.2) is 0 Å². The highest BCUT2D eigenvalue weighted by molar-refractivity contribution is 6.31. The maximum absolute atomic E-state index is 12.5. The Morgan fingerprint density at radius 1 is 1.57 bits per heavy atom. The number of aromatic nitrogens is 1. The predicted molar refractivity (Wildman–Crippen MR) is 84.0 cm³/mol. The molecule has 1 saturated heterocycles. The van der Waals surface area contributed by atoms with E-state index in [4.69, 9.17) is 27.9 Å². The van der Waals surface area contributed by atoms with Gasteiger partial charge >= 0.3 is 0 Å². The number of piperidine rings is 1. The molecule has 1 aliphatic rings. The van der Waals surface area contributed by atoms with Crippen LogP contribution in [0.15, 0.2) is 18.5 Å². The lowest BCUT2D eigenvalue weighted by Crippen LogP contribution is -2.49. The van der Waals surface area contributed by atoms with Crippen LogP contribution in [-0.2, 0) is 4.79 Å². The van der Waals surface area contributed by atoms with Crippen molar-refractivity contribution in [3.05, 3.63) is 23.5 Å². The molecular formula is C15H20Cl2N2O2. The molecule has 2 heterocycles. The monoisotopic (exact) mass is 330 g/mol. The third-order valence-corrected chi connectivity index (χ3v) is 4.56. The molecule has 0 spiro atoms. The number of ether oxygens (including phenoxy) is 1. The highest BCUT2D eigenvalue weighted by Gasteiger charge is 2.34. The zero-order valence-electron chi connectivity index (χ0n) is 12.3. The first-order valence-corrected chi connectivity index (χ1v) is 7.97. The van der Waals surface area contributed by atoms with Gasteiger partial charge in [0.2, 0.25) is 5.91 Å². The molecule has 1 amide bonds. The second kappa shape index (κ2) is 6.84. The summed E-state index contributed by atoms with van der Waals surface area (Å²) in [6.45, 7) is 5.06. The van der Waals surface area contributed by atoms with Gasteiger partial charge < -0.3 is 9.64 Å². The summed E-state index contributed by atoms with van der Waals surface area (Å²) in [5.74, 6) is 0.999. The Balaban J connectivity index is 2.01. The molecular weight excluding hydrogens is 311 g/mol. The number of alkyl halides is 1. The molecule has 2 rings (SSSR count). The average Bonchev–Trinajstić information content (AvgIpc) is 2.49. The van der Waals surface area contributed by atoms with Gasteiger partial charge in [-0.1, -0.05) is 11.6 Å². The predicted octanol–water partition coefficient (Wildman–Crippen LogP) is 3.37. The van der Waals surface area contributed by atoms with Crippen LogP contribution in [-0.4, -0.2) is 40.9 Å². The van der Waals surface area contributed by atoms with Crippen LogP contribution < -0.4 is 4.74 Å². The van der Waals surface area contributed by atoms with Crippen LogP contribution in [0.3, 0.4) is 0 Å². The van der Waals surface area contributed by atoms with Gasteiger partial charge in [0, 0.05) is 30.9 Å².